The third-order valence-corrected chi connectivity index (χ3v) is 20.2. The molecule has 0 aliphatic rings. The van der Waals surface area contributed by atoms with Gasteiger partial charge in [0.05, 0.1) is 127 Å². The Morgan fingerprint density at radius 3 is 0.490 bits per heavy atom. The number of rotatable bonds is 38. The summed E-state index contributed by atoms with van der Waals surface area (Å²) >= 11 is -1.91. The molecule has 0 bridgehead atoms. The Balaban J connectivity index is -0.000000838. The monoisotopic (exact) mass is 899 g/mol. The molecule has 0 saturated heterocycles. The summed E-state index contributed by atoms with van der Waals surface area (Å²) in [5, 5.41) is 0. The van der Waals surface area contributed by atoms with Crippen molar-refractivity contribution in [3.05, 3.63) is 0 Å². The summed E-state index contributed by atoms with van der Waals surface area (Å²) in [7, 11) is -1.40. The van der Waals surface area contributed by atoms with E-state index in [0.717, 1.165) is 106 Å². The molecule has 0 amide bonds. The van der Waals surface area contributed by atoms with Gasteiger partial charge >= 0.3 is 24.6 Å². The Hall–Kier alpha value is 1.65. The maximum atomic E-state index is 8.48. The summed E-state index contributed by atoms with van der Waals surface area (Å²) < 4.78 is 61.7. The molecule has 0 fully saturated rings. The van der Waals surface area contributed by atoms with Crippen molar-refractivity contribution in [2.45, 2.75) is 55.4 Å². The van der Waals surface area contributed by atoms with Gasteiger partial charge in [-0.05, 0) is 55.4 Å². The van der Waals surface area contributed by atoms with Gasteiger partial charge in [0, 0.05) is 84.5 Å². The SMILES string of the molecule is CCOCC[PH+](CCOCC)CC[PH+](CCOCC)CCOCC.CCOCC[PH+](CCOCC)CC[PH+](CCOCC)CCOCC.[O]=[99Tc]=[O]. The molecular weight excluding hydrogens is 815 g/mol. The van der Waals surface area contributed by atoms with Gasteiger partial charge < -0.3 is 37.9 Å². The zero-order valence-corrected chi connectivity index (χ0v) is 40.1. The van der Waals surface area contributed by atoms with Crippen LogP contribution in [0.2, 0.25) is 0 Å². The average molecular weight is 900 g/mol. The first-order chi connectivity index (χ1) is 25.0. The second kappa shape index (κ2) is 51.6. The molecule has 51 heavy (non-hydrogen) atoms. The Kier molecular flexibility index (Phi) is 57.7. The molecule has 0 spiro atoms. The van der Waals surface area contributed by atoms with E-state index < -0.39 is 17.6 Å². The van der Waals surface area contributed by atoms with Crippen LogP contribution in [0.3, 0.4) is 0 Å². The molecule has 0 unspecified atom stereocenters. The minimum atomic E-state index is -1.91. The maximum absolute atomic E-state index is 8.48. The van der Waals surface area contributed by atoms with Crippen molar-refractivity contribution in [2.24, 2.45) is 0 Å². The van der Waals surface area contributed by atoms with E-state index in [0.29, 0.717) is 0 Å². The van der Waals surface area contributed by atoms with E-state index in [1.165, 1.54) is 73.9 Å². The fourth-order valence-electron chi connectivity index (χ4n) is 5.09. The van der Waals surface area contributed by atoms with Gasteiger partial charge in [0.2, 0.25) is 0 Å². The van der Waals surface area contributed by atoms with Gasteiger partial charge in [-0.15, -0.1) is 0 Å². The van der Waals surface area contributed by atoms with Gasteiger partial charge in [0.1, 0.15) is 0 Å². The Morgan fingerprint density at radius 2 is 0.392 bits per heavy atom. The number of ether oxygens (including phenoxy) is 8. The molecule has 0 aromatic carbocycles. The van der Waals surface area contributed by atoms with E-state index in [9.17, 15) is 0 Å². The summed E-state index contributed by atoms with van der Waals surface area (Å²) in [6.45, 7) is 30.7. The summed E-state index contributed by atoms with van der Waals surface area (Å²) in [5.41, 5.74) is 0. The molecule has 0 radical (unpaired) electrons. The van der Waals surface area contributed by atoms with Crippen molar-refractivity contribution in [2.75, 3.05) is 180 Å². The fraction of sp³-hybridized carbons (Fsp3) is 1.00. The van der Waals surface area contributed by atoms with Crippen LogP contribution < -0.4 is 0 Å². The topological polar surface area (TPSA) is 108 Å². The molecule has 0 atom stereocenters. The van der Waals surface area contributed by atoms with Crippen LogP contribution in [0.25, 0.3) is 0 Å². The standard InChI is InChI=1S/2C18H40O4P2.2O.Tc/c2*1-5-19-9-13-23(14-10-20-6-2)17-18-24(15-11-21-7-3)16-12-22-8-4;;;/h2*5-18H2,1-4H3;;;/p+4/i;;;;1+1. The quantitative estimate of drug-likeness (QED) is 0.0481. The van der Waals surface area contributed by atoms with Crippen LogP contribution in [0.1, 0.15) is 55.4 Å². The van der Waals surface area contributed by atoms with E-state index in [2.05, 4.69) is 55.4 Å². The zero-order valence-electron chi connectivity index (χ0n) is 34.3. The van der Waals surface area contributed by atoms with Crippen LogP contribution in [-0.4, -0.2) is 180 Å². The molecule has 0 rings (SSSR count). The van der Waals surface area contributed by atoms with Gasteiger partial charge in [-0.1, -0.05) is 0 Å². The third kappa shape index (κ3) is 47.7. The summed E-state index contributed by atoms with van der Waals surface area (Å²) in [4.78, 5) is 0. The van der Waals surface area contributed by atoms with Crippen molar-refractivity contribution in [3.63, 3.8) is 0 Å². The van der Waals surface area contributed by atoms with Crippen molar-refractivity contribution in [1.29, 1.82) is 0 Å². The number of hydrogen-bond donors (Lipinski definition) is 0. The van der Waals surface area contributed by atoms with Crippen molar-refractivity contribution in [1.82, 2.24) is 0 Å². The molecule has 0 aliphatic heterocycles. The Labute approximate surface area is 327 Å². The summed E-state index contributed by atoms with van der Waals surface area (Å²) in [5.74, 6) is 0. The fourth-order valence-corrected chi connectivity index (χ4v) is 17.2. The first kappa shape index (κ1) is 57.0. The van der Waals surface area contributed by atoms with E-state index in [4.69, 9.17) is 44.9 Å². The number of hydrogen-bond acceptors (Lipinski definition) is 10. The minimum absolute atomic E-state index is 0.351. The van der Waals surface area contributed by atoms with E-state index in [1.807, 2.05) is 0 Å². The van der Waals surface area contributed by atoms with Crippen LogP contribution in [0.5, 0.6) is 0 Å². The molecule has 0 saturated carbocycles. The molecule has 0 heterocycles. The second-order valence-electron chi connectivity index (χ2n) is 11.6. The molecule has 10 nitrogen and oxygen atoms in total. The van der Waals surface area contributed by atoms with Gasteiger partial charge in [-0.25, -0.2) is 0 Å². The third-order valence-electron chi connectivity index (χ3n) is 8.10. The van der Waals surface area contributed by atoms with E-state index in [-0.39, 0.29) is 31.7 Å². The van der Waals surface area contributed by atoms with E-state index >= 15 is 0 Å². The molecule has 15 heteroatoms. The first-order valence-electron chi connectivity index (χ1n) is 19.8. The average Bonchev–Trinajstić information content (AvgIpc) is 3.13. The zero-order chi connectivity index (χ0) is 38.5. The molecule has 0 aromatic heterocycles. The summed E-state index contributed by atoms with van der Waals surface area (Å²) in [6.07, 6.45) is 15.7. The molecule has 311 valence electrons. The van der Waals surface area contributed by atoms with E-state index in [1.54, 1.807) is 0 Å². The van der Waals surface area contributed by atoms with Crippen molar-refractivity contribution < 1.29 is 62.5 Å². The molecule has 0 aromatic rings. The van der Waals surface area contributed by atoms with Gasteiger partial charge in [0.15, 0.2) is 0 Å². The van der Waals surface area contributed by atoms with Gasteiger partial charge in [-0.3, -0.25) is 0 Å². The molecule has 0 N–H and O–H groups in total. The van der Waals surface area contributed by atoms with Crippen LogP contribution >= 0.6 is 31.7 Å². The predicted molar refractivity (Wildman–Crippen MR) is 225 cm³/mol. The van der Waals surface area contributed by atoms with Crippen LogP contribution in [-0.2, 0) is 62.5 Å². The predicted octanol–water partition coefficient (Wildman–Crippen LogP) is 6.88. The molecule has 0 aliphatic carbocycles. The normalized spacial score (nSPS) is 11.3. The summed E-state index contributed by atoms with van der Waals surface area (Å²) in [6, 6.07) is 0. The van der Waals surface area contributed by atoms with Crippen molar-refractivity contribution in [3.8, 4) is 0 Å². The van der Waals surface area contributed by atoms with Crippen LogP contribution in [0, 0.1) is 0 Å². The van der Waals surface area contributed by atoms with Crippen molar-refractivity contribution >= 4 is 31.7 Å². The Bertz CT molecular complexity index is 537. The van der Waals surface area contributed by atoms with Crippen LogP contribution in [0.15, 0.2) is 0 Å². The van der Waals surface area contributed by atoms with Gasteiger partial charge in [-0.2, -0.15) is 0 Å². The first-order valence-corrected chi connectivity index (χ1v) is 29.8. The van der Waals surface area contributed by atoms with Gasteiger partial charge in [0.25, 0.3) is 0 Å². The van der Waals surface area contributed by atoms with Crippen LogP contribution in [0.4, 0.5) is 0 Å². The Morgan fingerprint density at radius 1 is 0.275 bits per heavy atom. The molecular formula is C36H84O10P4Tc+4. The second-order valence-corrected chi connectivity index (χ2v) is 23.9.